The van der Waals surface area contributed by atoms with Crippen molar-refractivity contribution in [1.29, 1.82) is 0 Å². The summed E-state index contributed by atoms with van der Waals surface area (Å²) in [6.07, 6.45) is 2.88. The van der Waals surface area contributed by atoms with Gasteiger partial charge in [-0.2, -0.15) is 5.10 Å². The lowest BCUT2D eigenvalue weighted by Gasteiger charge is -2.19. The topological polar surface area (TPSA) is 76.9 Å². The van der Waals surface area contributed by atoms with E-state index in [1.807, 2.05) is 42.1 Å². The van der Waals surface area contributed by atoms with Crippen LogP contribution >= 0.6 is 11.3 Å². The van der Waals surface area contributed by atoms with E-state index in [0.717, 1.165) is 16.3 Å². The predicted octanol–water partition coefficient (Wildman–Crippen LogP) is 2.52. The first-order valence-electron chi connectivity index (χ1n) is 7.43. The van der Waals surface area contributed by atoms with Crippen LogP contribution in [0.4, 0.5) is 0 Å². The van der Waals surface area contributed by atoms with Crippen molar-refractivity contribution in [3.8, 4) is 0 Å². The Morgan fingerprint density at radius 3 is 2.71 bits per heavy atom. The molecule has 0 spiro atoms. The predicted molar refractivity (Wildman–Crippen MR) is 93.6 cm³/mol. The number of aromatic nitrogens is 3. The third-order valence-corrected chi connectivity index (χ3v) is 6.01. The van der Waals surface area contributed by atoms with Crippen LogP contribution in [-0.2, 0) is 10.0 Å². The van der Waals surface area contributed by atoms with E-state index in [-0.39, 0.29) is 17.5 Å². The van der Waals surface area contributed by atoms with Crippen LogP contribution in [0, 0.1) is 13.8 Å². The molecule has 0 aliphatic rings. The fourth-order valence-electron chi connectivity index (χ4n) is 2.53. The highest BCUT2D eigenvalue weighted by Gasteiger charge is 2.22. The number of hydrogen-bond acceptors (Lipinski definition) is 5. The highest BCUT2D eigenvalue weighted by molar-refractivity contribution is 7.89. The van der Waals surface area contributed by atoms with Crippen molar-refractivity contribution < 1.29 is 8.42 Å². The lowest BCUT2D eigenvalue weighted by atomic mass is 10.2. The summed E-state index contributed by atoms with van der Waals surface area (Å²) in [5.41, 5.74) is 1.90. The van der Waals surface area contributed by atoms with Gasteiger partial charge in [-0.1, -0.05) is 6.07 Å². The Balaban J connectivity index is 1.87. The van der Waals surface area contributed by atoms with E-state index in [2.05, 4.69) is 14.8 Å². The molecule has 3 heterocycles. The quantitative estimate of drug-likeness (QED) is 0.731. The Hall–Kier alpha value is -2.03. The lowest BCUT2D eigenvalue weighted by Crippen LogP contribution is -2.32. The van der Waals surface area contributed by atoms with Gasteiger partial charge in [-0.05, 0) is 43.5 Å². The van der Waals surface area contributed by atoms with Crippen LogP contribution in [0.5, 0.6) is 0 Å². The minimum absolute atomic E-state index is 0.156. The molecule has 3 aromatic heterocycles. The van der Waals surface area contributed by atoms with Crippen molar-refractivity contribution in [3.63, 3.8) is 0 Å². The molecule has 24 heavy (non-hydrogen) atoms. The van der Waals surface area contributed by atoms with Crippen LogP contribution in [0.15, 0.2) is 53.0 Å². The molecular formula is C16H18N4O2S2. The summed E-state index contributed by atoms with van der Waals surface area (Å²) < 4.78 is 29.4. The fraction of sp³-hybridized carbons (Fsp3) is 0.250. The lowest BCUT2D eigenvalue weighted by molar-refractivity contribution is 0.499. The van der Waals surface area contributed by atoms with Gasteiger partial charge in [0.15, 0.2) is 0 Å². The van der Waals surface area contributed by atoms with Crippen LogP contribution in [-0.4, -0.2) is 29.7 Å². The zero-order valence-corrected chi connectivity index (χ0v) is 15.0. The van der Waals surface area contributed by atoms with Crippen LogP contribution in [0.25, 0.3) is 0 Å². The highest BCUT2D eigenvalue weighted by Crippen LogP contribution is 2.24. The van der Waals surface area contributed by atoms with Crippen molar-refractivity contribution in [1.82, 2.24) is 19.5 Å². The first kappa shape index (κ1) is 16.8. The fourth-order valence-corrected chi connectivity index (χ4v) is 4.34. The van der Waals surface area contributed by atoms with Crippen LogP contribution in [0.1, 0.15) is 22.3 Å². The molecule has 1 atom stereocenters. The maximum absolute atomic E-state index is 12.5. The molecule has 0 saturated heterocycles. The molecule has 0 radical (unpaired) electrons. The molecule has 1 N–H and O–H groups in total. The number of thiophene rings is 1. The Bertz CT molecular complexity index is 903. The van der Waals surface area contributed by atoms with Crippen molar-refractivity contribution in [3.05, 3.63) is 64.4 Å². The number of sulfonamides is 1. The standard InChI is InChI=1S/C16H18N4O2S2/c1-12-9-13(2)20(19-12)15(16-6-4-8-23-16)11-18-24(21,22)14-5-3-7-17-10-14/h3-10,15,18H,11H2,1-2H3. The summed E-state index contributed by atoms with van der Waals surface area (Å²) in [5.74, 6) is 0. The van der Waals surface area contributed by atoms with E-state index in [0.29, 0.717) is 0 Å². The highest BCUT2D eigenvalue weighted by atomic mass is 32.2. The molecule has 0 aliphatic heterocycles. The number of hydrogen-bond donors (Lipinski definition) is 1. The Labute approximate surface area is 145 Å². The van der Waals surface area contributed by atoms with Crippen LogP contribution in [0.2, 0.25) is 0 Å². The van der Waals surface area contributed by atoms with E-state index < -0.39 is 10.0 Å². The molecule has 3 rings (SSSR count). The molecule has 8 heteroatoms. The van der Waals surface area contributed by atoms with Crippen LogP contribution < -0.4 is 4.72 Å². The summed E-state index contributed by atoms with van der Waals surface area (Å²) in [4.78, 5) is 5.08. The number of pyridine rings is 1. The zero-order chi connectivity index (χ0) is 17.2. The third kappa shape index (κ3) is 3.55. The Morgan fingerprint density at radius 2 is 2.12 bits per heavy atom. The molecule has 1 unspecified atom stereocenters. The van der Waals surface area contributed by atoms with Crippen molar-refractivity contribution >= 4 is 21.4 Å². The molecule has 0 saturated carbocycles. The maximum atomic E-state index is 12.5. The maximum Gasteiger partial charge on any atom is 0.242 e. The SMILES string of the molecule is Cc1cc(C)n(C(CNS(=O)(=O)c2cccnc2)c2cccs2)n1. The average Bonchev–Trinajstić information content (AvgIpc) is 3.19. The van der Waals surface area contributed by atoms with Gasteiger partial charge in [0.25, 0.3) is 0 Å². The smallest absolute Gasteiger partial charge is 0.242 e. The summed E-state index contributed by atoms with van der Waals surface area (Å²) >= 11 is 1.58. The third-order valence-electron chi connectivity index (χ3n) is 3.62. The minimum atomic E-state index is -3.61. The second kappa shape index (κ2) is 6.84. The second-order valence-corrected chi connectivity index (χ2v) is 8.19. The van der Waals surface area contributed by atoms with Crippen LogP contribution in [0.3, 0.4) is 0 Å². The molecule has 0 fully saturated rings. The summed E-state index contributed by atoms with van der Waals surface area (Å²) in [7, 11) is -3.61. The first-order chi connectivity index (χ1) is 11.5. The van der Waals surface area contributed by atoms with Gasteiger partial charge in [-0.25, -0.2) is 13.1 Å². The molecule has 3 aromatic rings. The van der Waals surface area contributed by atoms with E-state index in [1.54, 1.807) is 23.6 Å². The number of rotatable bonds is 6. The van der Waals surface area contributed by atoms with Gasteiger partial charge >= 0.3 is 0 Å². The summed E-state index contributed by atoms with van der Waals surface area (Å²) in [6.45, 7) is 4.12. The van der Waals surface area contributed by atoms with E-state index >= 15 is 0 Å². The summed E-state index contributed by atoms with van der Waals surface area (Å²) in [5, 5.41) is 6.49. The average molecular weight is 362 g/mol. The van der Waals surface area contributed by atoms with Crippen molar-refractivity contribution in [2.45, 2.75) is 24.8 Å². The van der Waals surface area contributed by atoms with Gasteiger partial charge in [0, 0.05) is 29.5 Å². The molecular weight excluding hydrogens is 344 g/mol. The largest absolute Gasteiger partial charge is 0.263 e. The second-order valence-electron chi connectivity index (χ2n) is 5.44. The van der Waals surface area contributed by atoms with Gasteiger partial charge in [0.05, 0.1) is 11.7 Å². The zero-order valence-electron chi connectivity index (χ0n) is 13.4. The molecule has 126 valence electrons. The summed E-state index contributed by atoms with van der Waals surface area (Å²) in [6, 6.07) is 8.87. The molecule has 0 aliphatic carbocycles. The molecule has 0 bridgehead atoms. The normalized spacial score (nSPS) is 13.1. The Kier molecular flexibility index (Phi) is 4.79. The van der Waals surface area contributed by atoms with Gasteiger partial charge < -0.3 is 0 Å². The van der Waals surface area contributed by atoms with Gasteiger partial charge in [-0.15, -0.1) is 11.3 Å². The first-order valence-corrected chi connectivity index (χ1v) is 9.79. The minimum Gasteiger partial charge on any atom is -0.263 e. The number of aryl methyl sites for hydroxylation is 2. The van der Waals surface area contributed by atoms with E-state index in [4.69, 9.17) is 0 Å². The van der Waals surface area contributed by atoms with Gasteiger partial charge in [-0.3, -0.25) is 9.67 Å². The van der Waals surface area contributed by atoms with Gasteiger partial charge in [0.1, 0.15) is 4.90 Å². The molecule has 6 nitrogen and oxygen atoms in total. The number of nitrogens with zero attached hydrogens (tertiary/aromatic N) is 3. The van der Waals surface area contributed by atoms with Gasteiger partial charge in [0.2, 0.25) is 10.0 Å². The van der Waals surface area contributed by atoms with Crippen molar-refractivity contribution in [2.24, 2.45) is 0 Å². The molecule has 0 amide bonds. The monoisotopic (exact) mass is 362 g/mol. The van der Waals surface area contributed by atoms with E-state index in [9.17, 15) is 8.42 Å². The molecule has 0 aromatic carbocycles. The Morgan fingerprint density at radius 1 is 1.29 bits per heavy atom. The van der Waals surface area contributed by atoms with E-state index in [1.165, 1.54) is 12.3 Å². The van der Waals surface area contributed by atoms with Crippen molar-refractivity contribution in [2.75, 3.05) is 6.54 Å². The number of nitrogens with one attached hydrogen (secondary N) is 1.